The maximum Gasteiger partial charge on any atom is 0.251 e. The molecular weight excluding hydrogens is 340 g/mol. The third-order valence-corrected chi connectivity index (χ3v) is 5.18. The minimum absolute atomic E-state index is 0.174. The molecule has 25 heavy (non-hydrogen) atoms. The number of hydrogen-bond acceptors (Lipinski definition) is 4. The van der Waals surface area contributed by atoms with Crippen molar-refractivity contribution >= 4 is 17.5 Å². The van der Waals surface area contributed by atoms with E-state index >= 15 is 0 Å². The van der Waals surface area contributed by atoms with Crippen LogP contribution in [0.4, 0.5) is 0 Å². The van der Waals surface area contributed by atoms with Gasteiger partial charge in [-0.1, -0.05) is 11.6 Å². The number of halogens is 1. The molecule has 2 saturated heterocycles. The zero-order valence-corrected chi connectivity index (χ0v) is 15.6. The van der Waals surface area contributed by atoms with Crippen molar-refractivity contribution < 1.29 is 14.3 Å². The van der Waals surface area contributed by atoms with Crippen molar-refractivity contribution in [2.75, 3.05) is 45.9 Å². The van der Waals surface area contributed by atoms with Crippen LogP contribution in [-0.2, 0) is 9.53 Å². The van der Waals surface area contributed by atoms with Gasteiger partial charge in [0.15, 0.2) is 0 Å². The first-order valence-electron chi connectivity index (χ1n) is 9.15. The zero-order valence-electron chi connectivity index (χ0n) is 14.9. The molecule has 2 heterocycles. The van der Waals surface area contributed by atoms with Crippen LogP contribution in [0, 0.1) is 6.92 Å². The summed E-state index contributed by atoms with van der Waals surface area (Å²) in [6, 6.07) is 5.68. The van der Waals surface area contributed by atoms with Gasteiger partial charge in [0.2, 0.25) is 0 Å². The van der Waals surface area contributed by atoms with Gasteiger partial charge < -0.3 is 14.4 Å². The largest absolute Gasteiger partial charge is 0.492 e. The van der Waals surface area contributed by atoms with Gasteiger partial charge in [0.05, 0.1) is 0 Å². The Balaban J connectivity index is 1.38. The number of amides is 1. The summed E-state index contributed by atoms with van der Waals surface area (Å²) in [6.45, 7) is 7.56. The molecule has 1 amide bonds. The highest BCUT2D eigenvalue weighted by molar-refractivity contribution is 6.30. The summed E-state index contributed by atoms with van der Waals surface area (Å²) in [7, 11) is 0. The highest BCUT2D eigenvalue weighted by Crippen LogP contribution is 2.22. The lowest BCUT2D eigenvalue weighted by atomic mass is 10.1. The predicted octanol–water partition coefficient (Wildman–Crippen LogP) is 2.74. The second kappa shape index (κ2) is 8.88. The summed E-state index contributed by atoms with van der Waals surface area (Å²) >= 11 is 5.96. The standard InChI is InChI=1S/C19H27ClN2O3/c1-15-14-16(20)5-6-17(15)25-13-11-21-7-9-22(10-8-21)19(23)18-4-2-3-12-24-18/h5-6,14,18H,2-4,7-13H2,1H3/t18-/m1/s1. The van der Waals surface area contributed by atoms with E-state index in [0.29, 0.717) is 6.61 Å². The van der Waals surface area contributed by atoms with E-state index in [-0.39, 0.29) is 12.0 Å². The summed E-state index contributed by atoms with van der Waals surface area (Å²) in [6.07, 6.45) is 2.83. The molecule has 1 atom stereocenters. The summed E-state index contributed by atoms with van der Waals surface area (Å²) in [5, 5.41) is 0.729. The highest BCUT2D eigenvalue weighted by Gasteiger charge is 2.29. The van der Waals surface area contributed by atoms with Gasteiger partial charge in [-0.05, 0) is 49.9 Å². The Labute approximate surface area is 154 Å². The van der Waals surface area contributed by atoms with E-state index < -0.39 is 0 Å². The van der Waals surface area contributed by atoms with Crippen molar-refractivity contribution in [3.8, 4) is 5.75 Å². The fourth-order valence-electron chi connectivity index (χ4n) is 3.39. The maximum absolute atomic E-state index is 12.5. The Morgan fingerprint density at radius 1 is 1.28 bits per heavy atom. The van der Waals surface area contributed by atoms with Crippen molar-refractivity contribution in [1.82, 2.24) is 9.80 Å². The van der Waals surface area contributed by atoms with Gasteiger partial charge in [0, 0.05) is 44.4 Å². The molecule has 1 aromatic carbocycles. The van der Waals surface area contributed by atoms with Gasteiger partial charge in [-0.3, -0.25) is 9.69 Å². The number of piperazine rings is 1. The second-order valence-electron chi connectivity index (χ2n) is 6.78. The Kier molecular flexibility index (Phi) is 6.57. The Morgan fingerprint density at radius 2 is 2.08 bits per heavy atom. The van der Waals surface area contributed by atoms with Crippen LogP contribution in [0.25, 0.3) is 0 Å². The van der Waals surface area contributed by atoms with E-state index in [9.17, 15) is 4.79 Å². The van der Waals surface area contributed by atoms with Crippen LogP contribution in [-0.4, -0.2) is 67.7 Å². The van der Waals surface area contributed by atoms with E-state index in [0.717, 1.165) is 74.9 Å². The molecule has 0 aromatic heterocycles. The van der Waals surface area contributed by atoms with E-state index in [1.807, 2.05) is 30.0 Å². The Morgan fingerprint density at radius 3 is 2.76 bits per heavy atom. The molecule has 0 bridgehead atoms. The van der Waals surface area contributed by atoms with Crippen LogP contribution in [0.2, 0.25) is 5.02 Å². The van der Waals surface area contributed by atoms with Gasteiger partial charge in [-0.25, -0.2) is 0 Å². The molecule has 0 unspecified atom stereocenters. The average molecular weight is 367 g/mol. The number of aryl methyl sites for hydroxylation is 1. The molecule has 0 saturated carbocycles. The summed E-state index contributed by atoms with van der Waals surface area (Å²) < 4.78 is 11.5. The summed E-state index contributed by atoms with van der Waals surface area (Å²) in [4.78, 5) is 16.8. The number of rotatable bonds is 5. The fraction of sp³-hybridized carbons (Fsp3) is 0.632. The van der Waals surface area contributed by atoms with Crippen LogP contribution in [0.15, 0.2) is 18.2 Å². The third-order valence-electron chi connectivity index (χ3n) is 4.94. The summed E-state index contributed by atoms with van der Waals surface area (Å²) in [5.74, 6) is 1.06. The van der Waals surface area contributed by atoms with Gasteiger partial charge in [-0.2, -0.15) is 0 Å². The molecule has 0 aliphatic carbocycles. The van der Waals surface area contributed by atoms with Crippen LogP contribution in [0.3, 0.4) is 0 Å². The highest BCUT2D eigenvalue weighted by atomic mass is 35.5. The fourth-order valence-corrected chi connectivity index (χ4v) is 3.62. The quantitative estimate of drug-likeness (QED) is 0.803. The molecule has 138 valence electrons. The van der Waals surface area contributed by atoms with Crippen molar-refractivity contribution in [3.63, 3.8) is 0 Å². The molecule has 2 aliphatic rings. The smallest absolute Gasteiger partial charge is 0.251 e. The minimum Gasteiger partial charge on any atom is -0.492 e. The number of ether oxygens (including phenoxy) is 2. The monoisotopic (exact) mass is 366 g/mol. The number of benzene rings is 1. The lowest BCUT2D eigenvalue weighted by Crippen LogP contribution is -2.52. The predicted molar refractivity (Wildman–Crippen MR) is 98.3 cm³/mol. The maximum atomic E-state index is 12.5. The lowest BCUT2D eigenvalue weighted by molar-refractivity contribution is -0.148. The van der Waals surface area contributed by atoms with Crippen LogP contribution in [0.5, 0.6) is 5.75 Å². The Hall–Kier alpha value is -1.30. The minimum atomic E-state index is -0.212. The molecule has 1 aromatic rings. The van der Waals surface area contributed by atoms with Gasteiger partial charge in [0.25, 0.3) is 5.91 Å². The van der Waals surface area contributed by atoms with E-state index in [2.05, 4.69) is 4.90 Å². The van der Waals surface area contributed by atoms with Crippen LogP contribution >= 0.6 is 11.6 Å². The first kappa shape index (κ1) is 18.5. The van der Waals surface area contributed by atoms with Crippen molar-refractivity contribution in [3.05, 3.63) is 28.8 Å². The zero-order chi connectivity index (χ0) is 17.6. The molecule has 0 N–H and O–H groups in total. The first-order valence-corrected chi connectivity index (χ1v) is 9.53. The van der Waals surface area contributed by atoms with Crippen molar-refractivity contribution in [2.45, 2.75) is 32.3 Å². The average Bonchev–Trinajstić information content (AvgIpc) is 2.64. The molecule has 0 radical (unpaired) electrons. The van der Waals surface area contributed by atoms with Gasteiger partial charge in [-0.15, -0.1) is 0 Å². The van der Waals surface area contributed by atoms with E-state index in [1.165, 1.54) is 0 Å². The first-order chi connectivity index (χ1) is 12.1. The third kappa shape index (κ3) is 5.09. The number of carbonyl (C=O) groups excluding carboxylic acids is 1. The van der Waals surface area contributed by atoms with Crippen LogP contribution in [0.1, 0.15) is 24.8 Å². The molecule has 5 nitrogen and oxygen atoms in total. The van der Waals surface area contributed by atoms with Gasteiger partial charge in [0.1, 0.15) is 18.5 Å². The molecule has 6 heteroatoms. The van der Waals surface area contributed by atoms with Gasteiger partial charge >= 0.3 is 0 Å². The molecule has 3 rings (SSSR count). The second-order valence-corrected chi connectivity index (χ2v) is 7.22. The number of hydrogen-bond donors (Lipinski definition) is 0. The molecule has 0 spiro atoms. The van der Waals surface area contributed by atoms with Crippen molar-refractivity contribution in [2.24, 2.45) is 0 Å². The Bertz CT molecular complexity index is 582. The topological polar surface area (TPSA) is 42.0 Å². The molecule has 2 fully saturated rings. The van der Waals surface area contributed by atoms with E-state index in [1.54, 1.807) is 0 Å². The SMILES string of the molecule is Cc1cc(Cl)ccc1OCCN1CCN(C(=O)[C@H]2CCCCO2)CC1. The summed E-state index contributed by atoms with van der Waals surface area (Å²) in [5.41, 5.74) is 1.05. The lowest BCUT2D eigenvalue weighted by Gasteiger charge is -2.36. The molecular formula is C19H27ClN2O3. The number of nitrogens with zero attached hydrogens (tertiary/aromatic N) is 2. The molecule has 2 aliphatic heterocycles. The number of carbonyl (C=O) groups is 1. The van der Waals surface area contributed by atoms with E-state index in [4.69, 9.17) is 21.1 Å². The van der Waals surface area contributed by atoms with Crippen molar-refractivity contribution in [1.29, 1.82) is 0 Å². The normalized spacial score (nSPS) is 22.0. The van der Waals surface area contributed by atoms with Crippen LogP contribution < -0.4 is 4.74 Å².